The quantitative estimate of drug-likeness (QED) is 0.734. The second kappa shape index (κ2) is 7.66. The Morgan fingerprint density at radius 3 is 2.64 bits per heavy atom. The van der Waals surface area contributed by atoms with Gasteiger partial charge in [0.1, 0.15) is 22.4 Å². The van der Waals surface area contributed by atoms with E-state index in [9.17, 15) is 18.3 Å². The van der Waals surface area contributed by atoms with Gasteiger partial charge in [-0.2, -0.15) is 9.82 Å². The standard InChI is InChI=1S/C16H21N3O5S/c1-11(2)8-13(16(20)21)18-25(22,23)12-9-17-19(10-12)14-6-4-5-7-15(14)24-3/h4-7,9-11,13,18H,8H2,1-3H3,(H,20,21). The Bertz CT molecular complexity index is 845. The lowest BCUT2D eigenvalue weighted by atomic mass is 10.1. The molecule has 0 aliphatic carbocycles. The van der Waals surface area contributed by atoms with Crippen LogP contribution in [0, 0.1) is 5.92 Å². The number of nitrogens with one attached hydrogen (secondary N) is 1. The molecular weight excluding hydrogens is 346 g/mol. The number of ether oxygens (including phenoxy) is 1. The van der Waals surface area contributed by atoms with Crippen LogP contribution < -0.4 is 9.46 Å². The van der Waals surface area contributed by atoms with Crippen LogP contribution in [0.15, 0.2) is 41.6 Å². The lowest BCUT2D eigenvalue weighted by Crippen LogP contribution is -2.41. The molecule has 0 saturated carbocycles. The maximum Gasteiger partial charge on any atom is 0.321 e. The number of hydrogen-bond donors (Lipinski definition) is 2. The number of carbonyl (C=O) groups is 1. The zero-order valence-electron chi connectivity index (χ0n) is 14.2. The molecule has 1 heterocycles. The number of nitrogens with zero attached hydrogens (tertiary/aromatic N) is 2. The molecule has 25 heavy (non-hydrogen) atoms. The number of aliphatic carboxylic acids is 1. The summed E-state index contributed by atoms with van der Waals surface area (Å²) >= 11 is 0. The largest absolute Gasteiger partial charge is 0.494 e. The molecule has 2 aromatic rings. The van der Waals surface area contributed by atoms with Crippen LogP contribution in [-0.4, -0.2) is 42.4 Å². The van der Waals surface area contributed by atoms with E-state index in [1.165, 1.54) is 24.2 Å². The number of rotatable bonds is 8. The number of carboxylic acids is 1. The van der Waals surface area contributed by atoms with Gasteiger partial charge in [0.2, 0.25) is 10.0 Å². The molecular formula is C16H21N3O5S. The van der Waals surface area contributed by atoms with E-state index in [0.717, 1.165) is 0 Å². The van der Waals surface area contributed by atoms with E-state index < -0.39 is 22.0 Å². The van der Waals surface area contributed by atoms with Gasteiger partial charge in [-0.15, -0.1) is 0 Å². The predicted molar refractivity (Wildman–Crippen MR) is 91.3 cm³/mol. The van der Waals surface area contributed by atoms with E-state index in [2.05, 4.69) is 9.82 Å². The van der Waals surface area contributed by atoms with E-state index in [4.69, 9.17) is 4.74 Å². The Morgan fingerprint density at radius 1 is 1.36 bits per heavy atom. The van der Waals surface area contributed by atoms with Crippen LogP contribution in [-0.2, 0) is 14.8 Å². The van der Waals surface area contributed by atoms with Crippen LogP contribution in [0.25, 0.3) is 5.69 Å². The Hall–Kier alpha value is -2.39. The van der Waals surface area contributed by atoms with Crippen molar-refractivity contribution in [2.75, 3.05) is 7.11 Å². The molecule has 0 saturated heterocycles. The summed E-state index contributed by atoms with van der Waals surface area (Å²) in [4.78, 5) is 11.2. The van der Waals surface area contributed by atoms with Crippen molar-refractivity contribution in [1.82, 2.24) is 14.5 Å². The Kier molecular flexibility index (Phi) is 5.81. The molecule has 1 aromatic heterocycles. The van der Waals surface area contributed by atoms with Crippen molar-refractivity contribution in [3.8, 4) is 11.4 Å². The molecule has 0 radical (unpaired) electrons. The first-order chi connectivity index (χ1) is 11.7. The minimum atomic E-state index is -4.01. The summed E-state index contributed by atoms with van der Waals surface area (Å²) in [6.45, 7) is 3.65. The van der Waals surface area contributed by atoms with Gasteiger partial charge in [0.15, 0.2) is 0 Å². The fraction of sp³-hybridized carbons (Fsp3) is 0.375. The molecule has 2 N–H and O–H groups in total. The second-order valence-corrected chi connectivity index (χ2v) is 7.65. The second-order valence-electron chi connectivity index (χ2n) is 5.93. The first-order valence-corrected chi connectivity index (χ1v) is 9.16. The van der Waals surface area contributed by atoms with E-state index in [0.29, 0.717) is 11.4 Å². The van der Waals surface area contributed by atoms with Crippen LogP contribution in [0.1, 0.15) is 20.3 Å². The molecule has 1 atom stereocenters. The van der Waals surface area contributed by atoms with Gasteiger partial charge in [-0.25, -0.2) is 13.1 Å². The lowest BCUT2D eigenvalue weighted by Gasteiger charge is -2.15. The number of methoxy groups -OCH3 is 1. The number of carboxylic acid groups (broad SMARTS) is 1. The van der Waals surface area contributed by atoms with Gasteiger partial charge in [-0.05, 0) is 24.5 Å². The summed E-state index contributed by atoms with van der Waals surface area (Å²) in [6, 6.07) is 5.82. The average Bonchev–Trinajstić information content (AvgIpc) is 3.04. The Labute approximate surface area is 146 Å². The normalized spacial score (nSPS) is 13.0. The van der Waals surface area contributed by atoms with Gasteiger partial charge in [-0.3, -0.25) is 4.79 Å². The minimum absolute atomic E-state index is 0.0279. The van der Waals surface area contributed by atoms with Crippen LogP contribution in [0.2, 0.25) is 0 Å². The summed E-state index contributed by atoms with van der Waals surface area (Å²) in [5, 5.41) is 13.3. The number of hydrogen-bond acceptors (Lipinski definition) is 5. The smallest absolute Gasteiger partial charge is 0.321 e. The van der Waals surface area contributed by atoms with Crippen molar-refractivity contribution < 1.29 is 23.1 Å². The highest BCUT2D eigenvalue weighted by Gasteiger charge is 2.27. The number of benzene rings is 1. The molecule has 1 unspecified atom stereocenters. The molecule has 0 aliphatic heterocycles. The van der Waals surface area contributed by atoms with Crippen LogP contribution in [0.3, 0.4) is 0 Å². The van der Waals surface area contributed by atoms with Gasteiger partial charge in [0.25, 0.3) is 0 Å². The van der Waals surface area contributed by atoms with Crippen molar-refractivity contribution in [2.24, 2.45) is 5.92 Å². The highest BCUT2D eigenvalue weighted by atomic mass is 32.2. The van der Waals surface area contributed by atoms with Crippen molar-refractivity contribution in [3.05, 3.63) is 36.7 Å². The van der Waals surface area contributed by atoms with E-state index in [1.807, 2.05) is 13.8 Å². The zero-order chi connectivity index (χ0) is 18.6. The monoisotopic (exact) mass is 367 g/mol. The minimum Gasteiger partial charge on any atom is -0.494 e. The average molecular weight is 367 g/mol. The number of aromatic nitrogens is 2. The SMILES string of the molecule is COc1ccccc1-n1cc(S(=O)(=O)NC(CC(C)C)C(=O)O)cn1. The summed E-state index contributed by atoms with van der Waals surface area (Å²) in [6.07, 6.45) is 2.67. The Morgan fingerprint density at radius 2 is 2.04 bits per heavy atom. The molecule has 136 valence electrons. The molecule has 0 bridgehead atoms. The fourth-order valence-electron chi connectivity index (χ4n) is 2.32. The Balaban J connectivity index is 2.29. The maximum atomic E-state index is 12.5. The molecule has 0 amide bonds. The van der Waals surface area contributed by atoms with Crippen LogP contribution in [0.5, 0.6) is 5.75 Å². The predicted octanol–water partition coefficient (Wildman–Crippen LogP) is 1.66. The van der Waals surface area contributed by atoms with Crippen molar-refractivity contribution in [2.45, 2.75) is 31.2 Å². The van der Waals surface area contributed by atoms with E-state index in [-0.39, 0.29) is 17.2 Å². The maximum absolute atomic E-state index is 12.5. The lowest BCUT2D eigenvalue weighted by molar-refractivity contribution is -0.139. The van der Waals surface area contributed by atoms with Crippen molar-refractivity contribution in [3.63, 3.8) is 0 Å². The summed E-state index contributed by atoms with van der Waals surface area (Å²) in [5.74, 6) is -0.653. The topological polar surface area (TPSA) is 111 Å². The molecule has 0 aliphatic rings. The summed E-state index contributed by atoms with van der Waals surface area (Å²) in [5.41, 5.74) is 0.573. The third-order valence-corrected chi connectivity index (χ3v) is 4.93. The highest BCUT2D eigenvalue weighted by Crippen LogP contribution is 2.22. The first-order valence-electron chi connectivity index (χ1n) is 7.67. The van der Waals surface area contributed by atoms with E-state index in [1.54, 1.807) is 24.3 Å². The first kappa shape index (κ1) is 18.9. The molecule has 2 rings (SSSR count). The van der Waals surface area contributed by atoms with Crippen molar-refractivity contribution >= 4 is 16.0 Å². The molecule has 9 heteroatoms. The molecule has 8 nitrogen and oxygen atoms in total. The van der Waals surface area contributed by atoms with Gasteiger partial charge >= 0.3 is 5.97 Å². The van der Waals surface area contributed by atoms with Gasteiger partial charge in [0.05, 0.1) is 19.5 Å². The van der Waals surface area contributed by atoms with Gasteiger partial charge in [0, 0.05) is 0 Å². The third-order valence-electron chi connectivity index (χ3n) is 3.50. The summed E-state index contributed by atoms with van der Waals surface area (Å²) < 4.78 is 33.8. The van der Waals surface area contributed by atoms with Gasteiger partial charge < -0.3 is 9.84 Å². The molecule has 0 spiro atoms. The zero-order valence-corrected chi connectivity index (χ0v) is 15.0. The number of sulfonamides is 1. The number of para-hydroxylation sites is 2. The van der Waals surface area contributed by atoms with E-state index >= 15 is 0 Å². The van der Waals surface area contributed by atoms with Crippen LogP contribution >= 0.6 is 0 Å². The van der Waals surface area contributed by atoms with Crippen LogP contribution in [0.4, 0.5) is 0 Å². The highest BCUT2D eigenvalue weighted by molar-refractivity contribution is 7.89. The third kappa shape index (κ3) is 4.58. The van der Waals surface area contributed by atoms with Gasteiger partial charge in [-0.1, -0.05) is 26.0 Å². The summed E-state index contributed by atoms with van der Waals surface area (Å²) in [7, 11) is -2.51. The molecule has 0 fully saturated rings. The fourth-order valence-corrected chi connectivity index (χ4v) is 3.45. The molecule has 1 aromatic carbocycles. The van der Waals surface area contributed by atoms with Crippen molar-refractivity contribution in [1.29, 1.82) is 0 Å².